The molecular weight excluding hydrogens is 821 g/mol. The van der Waals surface area contributed by atoms with E-state index in [1.807, 2.05) is 66.7 Å². The zero-order chi connectivity index (χ0) is 46.9. The second-order valence-corrected chi connectivity index (χ2v) is 19.2. The summed E-state index contributed by atoms with van der Waals surface area (Å²) in [5, 5.41) is 12.0. The third kappa shape index (κ3) is 20.4. The second kappa shape index (κ2) is 33.2. The summed E-state index contributed by atoms with van der Waals surface area (Å²) in [5.41, 5.74) is 4.60. The first-order valence-electron chi connectivity index (χ1n) is 27.1. The number of rotatable bonds is 38. The molecule has 0 spiro atoms. The van der Waals surface area contributed by atoms with Gasteiger partial charge < -0.3 is 19.3 Å². The van der Waals surface area contributed by atoms with Gasteiger partial charge in [-0.25, -0.2) is 0 Å². The summed E-state index contributed by atoms with van der Waals surface area (Å²) < 4.78 is 20.5. The highest BCUT2D eigenvalue weighted by Gasteiger charge is 2.38. The van der Waals surface area contributed by atoms with Gasteiger partial charge in [0.2, 0.25) is 6.29 Å². The lowest BCUT2D eigenvalue weighted by molar-refractivity contribution is -0.0770. The molecule has 1 unspecified atom stereocenters. The molecule has 67 heavy (non-hydrogen) atoms. The van der Waals surface area contributed by atoms with Crippen LogP contribution in [0.15, 0.2) is 140 Å². The van der Waals surface area contributed by atoms with Crippen LogP contribution in [0.2, 0.25) is 0 Å². The fourth-order valence-corrected chi connectivity index (χ4v) is 9.59. The van der Waals surface area contributed by atoms with Gasteiger partial charge >= 0.3 is 0 Å². The van der Waals surface area contributed by atoms with E-state index in [1.54, 1.807) is 0 Å². The van der Waals surface area contributed by atoms with E-state index < -0.39 is 18.0 Å². The number of ether oxygens (including phenoxy) is 3. The Morgan fingerprint density at radius 3 is 1.06 bits per heavy atom. The van der Waals surface area contributed by atoms with Crippen molar-refractivity contribution < 1.29 is 19.3 Å². The third-order valence-electron chi connectivity index (χ3n) is 13.5. The Bertz CT molecular complexity index is 1780. The number of hydrogen-bond acceptors (Lipinski definition) is 4. The number of aliphatic hydroxyl groups is 1. The Hall–Kier alpha value is -4.38. The molecule has 0 aromatic heterocycles. The molecule has 0 saturated carbocycles. The predicted molar refractivity (Wildman–Crippen MR) is 283 cm³/mol. The van der Waals surface area contributed by atoms with Crippen LogP contribution in [0.3, 0.4) is 0 Å². The minimum absolute atomic E-state index is 0.0693. The summed E-state index contributed by atoms with van der Waals surface area (Å²) >= 11 is 0. The van der Waals surface area contributed by atoms with Crippen LogP contribution >= 0.6 is 0 Å². The fourth-order valence-electron chi connectivity index (χ4n) is 9.59. The molecule has 0 aliphatic heterocycles. The van der Waals surface area contributed by atoms with Crippen LogP contribution < -0.4 is 9.47 Å². The SMILES string of the molecule is CCCCCCCCCCCCCCc1cccc(OC(CC(O)COC(c2ccccc2)(c2ccccc2)c2ccccc2)Oc2cccc(CCCCCCCCCCCCCC)c2)c1. The van der Waals surface area contributed by atoms with Crippen LogP contribution in [0.25, 0.3) is 0 Å². The van der Waals surface area contributed by atoms with E-state index in [1.165, 1.54) is 165 Å². The largest absolute Gasteiger partial charge is 0.455 e. The van der Waals surface area contributed by atoms with Gasteiger partial charge in [0.15, 0.2) is 0 Å². The summed E-state index contributed by atoms with van der Waals surface area (Å²) in [5.74, 6) is 1.52. The monoisotopic (exact) mass is 909 g/mol. The first-order chi connectivity index (χ1) is 33.1. The first-order valence-corrected chi connectivity index (χ1v) is 27.1. The summed E-state index contributed by atoms with van der Waals surface area (Å²) in [6, 6.07) is 47.9. The van der Waals surface area contributed by atoms with Crippen LogP contribution in [0.4, 0.5) is 0 Å². The van der Waals surface area contributed by atoms with Crippen LogP contribution in [-0.2, 0) is 23.2 Å². The molecule has 5 aromatic rings. The van der Waals surface area contributed by atoms with Crippen molar-refractivity contribution in [2.24, 2.45) is 0 Å². The van der Waals surface area contributed by atoms with E-state index in [9.17, 15) is 5.11 Å². The molecule has 1 N–H and O–H groups in total. The highest BCUT2D eigenvalue weighted by molar-refractivity contribution is 5.47. The Morgan fingerprint density at radius 1 is 0.388 bits per heavy atom. The standard InChI is InChI=1S/C63H88O4/c1-3-5-7-9-11-13-15-17-19-21-23-28-38-54-40-36-48-60(50-54)66-62(67-61-49-37-41-55(51-61)39-29-24-22-20-18-16-14-12-10-8-6-4-2)52-59(64)53-65-63(56-42-30-25-31-43-56,57-44-32-26-33-45-57)58-46-34-27-35-47-58/h25-27,30-37,40-51,59,62,64H,3-24,28-29,38-39,52-53H2,1-2H3. The van der Waals surface area contributed by atoms with Crippen LogP contribution in [0.1, 0.15) is 202 Å². The summed E-state index contributed by atoms with van der Waals surface area (Å²) in [4.78, 5) is 0. The summed E-state index contributed by atoms with van der Waals surface area (Å²) in [6.07, 6.45) is 32.9. The molecule has 0 aliphatic rings. The van der Waals surface area contributed by atoms with Crippen LogP contribution in [0, 0.1) is 0 Å². The van der Waals surface area contributed by atoms with E-state index in [-0.39, 0.29) is 13.0 Å². The summed E-state index contributed by atoms with van der Waals surface area (Å²) in [6.45, 7) is 4.65. The van der Waals surface area contributed by atoms with Crippen molar-refractivity contribution >= 4 is 0 Å². The molecule has 1 atom stereocenters. The highest BCUT2D eigenvalue weighted by atomic mass is 16.7. The smallest absolute Gasteiger partial charge is 0.243 e. The molecule has 0 amide bonds. The van der Waals surface area contributed by atoms with Crippen molar-refractivity contribution in [3.8, 4) is 11.5 Å². The molecule has 0 fully saturated rings. The molecule has 364 valence electrons. The van der Waals surface area contributed by atoms with Gasteiger partial charge in [0.05, 0.1) is 12.7 Å². The van der Waals surface area contributed by atoms with E-state index in [0.717, 1.165) is 41.0 Å². The van der Waals surface area contributed by atoms with Crippen molar-refractivity contribution in [1.82, 2.24) is 0 Å². The number of hydrogen-bond donors (Lipinski definition) is 1. The molecule has 0 radical (unpaired) electrons. The molecule has 4 nitrogen and oxygen atoms in total. The van der Waals surface area contributed by atoms with Crippen molar-refractivity contribution in [2.45, 2.75) is 205 Å². The van der Waals surface area contributed by atoms with Gasteiger partial charge in [-0.1, -0.05) is 270 Å². The number of aryl methyl sites for hydroxylation is 2. The van der Waals surface area contributed by atoms with E-state index in [4.69, 9.17) is 14.2 Å². The third-order valence-corrected chi connectivity index (χ3v) is 13.5. The zero-order valence-electron chi connectivity index (χ0n) is 41.9. The van der Waals surface area contributed by atoms with Crippen LogP contribution in [-0.4, -0.2) is 24.1 Å². The van der Waals surface area contributed by atoms with Gasteiger partial charge in [0.25, 0.3) is 0 Å². The average Bonchev–Trinajstić information content (AvgIpc) is 3.36. The zero-order valence-corrected chi connectivity index (χ0v) is 41.9. The fraction of sp³-hybridized carbons (Fsp3) is 0.524. The van der Waals surface area contributed by atoms with Gasteiger partial charge in [-0.15, -0.1) is 0 Å². The Morgan fingerprint density at radius 2 is 0.716 bits per heavy atom. The maximum atomic E-state index is 12.0. The van der Waals surface area contributed by atoms with Gasteiger partial charge in [-0.3, -0.25) is 0 Å². The highest BCUT2D eigenvalue weighted by Crippen LogP contribution is 2.41. The minimum Gasteiger partial charge on any atom is -0.455 e. The number of benzene rings is 5. The predicted octanol–water partition coefficient (Wildman–Crippen LogP) is 17.7. The normalized spacial score (nSPS) is 12.1. The Labute approximate surface area is 408 Å². The molecule has 4 heteroatoms. The first kappa shape index (κ1) is 53.6. The van der Waals surface area contributed by atoms with E-state index in [2.05, 4.69) is 86.6 Å². The number of aliphatic hydroxyl groups excluding tert-OH is 1. The maximum Gasteiger partial charge on any atom is 0.243 e. The van der Waals surface area contributed by atoms with Crippen molar-refractivity contribution in [3.05, 3.63) is 167 Å². The van der Waals surface area contributed by atoms with Crippen molar-refractivity contribution in [3.63, 3.8) is 0 Å². The lowest BCUT2D eigenvalue weighted by Crippen LogP contribution is -2.37. The topological polar surface area (TPSA) is 47.9 Å². The molecule has 0 bridgehead atoms. The average molecular weight is 909 g/mol. The second-order valence-electron chi connectivity index (χ2n) is 19.2. The van der Waals surface area contributed by atoms with Crippen molar-refractivity contribution in [2.75, 3.05) is 6.61 Å². The molecule has 0 saturated heterocycles. The molecule has 0 aliphatic carbocycles. The lowest BCUT2D eigenvalue weighted by atomic mass is 9.80. The van der Waals surface area contributed by atoms with Crippen molar-refractivity contribution in [1.29, 1.82) is 0 Å². The van der Waals surface area contributed by atoms with Gasteiger partial charge in [-0.05, 0) is 77.8 Å². The van der Waals surface area contributed by atoms with Crippen LogP contribution in [0.5, 0.6) is 11.5 Å². The number of unbranched alkanes of at least 4 members (excludes halogenated alkanes) is 22. The molecule has 5 aromatic carbocycles. The van der Waals surface area contributed by atoms with Gasteiger partial charge in [-0.2, -0.15) is 0 Å². The Balaban J connectivity index is 1.20. The van der Waals surface area contributed by atoms with E-state index >= 15 is 0 Å². The molecular formula is C63H88O4. The molecule has 0 heterocycles. The van der Waals surface area contributed by atoms with E-state index in [0.29, 0.717) is 0 Å². The Kier molecular flexibility index (Phi) is 26.5. The molecule has 5 rings (SSSR count). The minimum atomic E-state index is -0.938. The van der Waals surface area contributed by atoms with Gasteiger partial charge in [0.1, 0.15) is 17.1 Å². The quantitative estimate of drug-likeness (QED) is 0.0244. The summed E-state index contributed by atoms with van der Waals surface area (Å²) in [7, 11) is 0. The lowest BCUT2D eigenvalue weighted by Gasteiger charge is -2.37. The van der Waals surface area contributed by atoms with Gasteiger partial charge in [0, 0.05) is 6.42 Å². The maximum absolute atomic E-state index is 12.0.